The van der Waals surface area contributed by atoms with E-state index in [0.29, 0.717) is 5.92 Å². The van der Waals surface area contributed by atoms with Crippen molar-refractivity contribution in [2.75, 3.05) is 33.4 Å². The van der Waals surface area contributed by atoms with E-state index in [0.717, 1.165) is 69.7 Å². The number of ether oxygens (including phenoxy) is 1. The summed E-state index contributed by atoms with van der Waals surface area (Å²) in [6, 6.07) is 0. The number of fused-ring (bicyclic) bond motifs is 1. The van der Waals surface area contributed by atoms with Crippen LogP contribution in [0, 0.1) is 5.92 Å². The summed E-state index contributed by atoms with van der Waals surface area (Å²) in [5.74, 6) is 3.70. The minimum absolute atomic E-state index is 0.598. The number of aromatic nitrogens is 3. The molecule has 7 nitrogen and oxygen atoms in total. The van der Waals surface area contributed by atoms with Gasteiger partial charge in [0.1, 0.15) is 11.6 Å². The zero-order valence-corrected chi connectivity index (χ0v) is 14.1. The lowest BCUT2D eigenvalue weighted by Crippen LogP contribution is -2.40. The van der Waals surface area contributed by atoms with Crippen LogP contribution in [0.3, 0.4) is 0 Å². The molecule has 1 unspecified atom stereocenters. The van der Waals surface area contributed by atoms with Gasteiger partial charge in [-0.2, -0.15) is 0 Å². The Morgan fingerprint density at radius 2 is 2.26 bits per heavy atom. The fourth-order valence-electron chi connectivity index (χ4n) is 3.23. The Kier molecular flexibility index (Phi) is 5.85. The van der Waals surface area contributed by atoms with E-state index in [9.17, 15) is 0 Å². The molecule has 1 saturated heterocycles. The van der Waals surface area contributed by atoms with Crippen molar-refractivity contribution in [1.82, 2.24) is 25.4 Å². The fourth-order valence-corrected chi connectivity index (χ4v) is 3.23. The first-order chi connectivity index (χ1) is 11.4. The molecule has 1 fully saturated rings. The van der Waals surface area contributed by atoms with Crippen LogP contribution in [-0.2, 0) is 24.1 Å². The molecule has 3 rings (SSSR count). The van der Waals surface area contributed by atoms with Gasteiger partial charge in [-0.25, -0.2) is 0 Å². The molecule has 0 spiro atoms. The van der Waals surface area contributed by atoms with E-state index < -0.39 is 0 Å². The maximum absolute atomic E-state index is 5.40. The molecule has 1 aromatic heterocycles. The Bertz CT molecular complexity index is 521. The smallest absolute Gasteiger partial charge is 0.191 e. The van der Waals surface area contributed by atoms with Crippen molar-refractivity contribution < 1.29 is 4.74 Å². The Morgan fingerprint density at radius 3 is 3.09 bits per heavy atom. The van der Waals surface area contributed by atoms with E-state index in [1.165, 1.54) is 19.3 Å². The van der Waals surface area contributed by atoms with Crippen LogP contribution in [0.25, 0.3) is 0 Å². The lowest BCUT2D eigenvalue weighted by atomic mass is 10.1. The molecule has 0 saturated carbocycles. The molecule has 0 bridgehead atoms. The number of nitrogens with zero attached hydrogens (tertiary/aromatic N) is 4. The summed E-state index contributed by atoms with van der Waals surface area (Å²) in [4.78, 5) is 4.28. The molecule has 0 radical (unpaired) electrons. The molecule has 128 valence electrons. The van der Waals surface area contributed by atoms with Crippen LogP contribution in [0.2, 0.25) is 0 Å². The highest BCUT2D eigenvalue weighted by Gasteiger charge is 2.16. The molecule has 3 heterocycles. The molecule has 0 amide bonds. The molecule has 0 aromatic carbocycles. The third kappa shape index (κ3) is 4.43. The van der Waals surface area contributed by atoms with Gasteiger partial charge in [0.25, 0.3) is 0 Å². The predicted molar refractivity (Wildman–Crippen MR) is 89.6 cm³/mol. The maximum atomic E-state index is 5.40. The average Bonchev–Trinajstić information content (AvgIpc) is 3.16. The SMILES string of the molecule is CN=C(NCCc1nnc2n1CCCCC2)NCC1CCOC1. The van der Waals surface area contributed by atoms with Gasteiger partial charge in [-0.05, 0) is 19.3 Å². The Labute approximate surface area is 137 Å². The predicted octanol–water partition coefficient (Wildman–Crippen LogP) is 0.748. The van der Waals surface area contributed by atoms with Crippen molar-refractivity contribution in [1.29, 1.82) is 0 Å². The normalized spacial score (nSPS) is 21.8. The molecule has 7 heteroatoms. The summed E-state index contributed by atoms with van der Waals surface area (Å²) in [6.45, 7) is 4.54. The Balaban J connectivity index is 1.43. The molecule has 23 heavy (non-hydrogen) atoms. The van der Waals surface area contributed by atoms with E-state index in [1.807, 2.05) is 7.05 Å². The molecule has 1 atom stereocenters. The quantitative estimate of drug-likeness (QED) is 0.618. The standard InChI is InChI=1S/C16H28N6O/c1-17-16(19-11-13-7-10-23-12-13)18-8-6-15-21-20-14-5-3-2-4-9-22(14)15/h13H,2-12H2,1H3,(H2,17,18,19). The van der Waals surface area contributed by atoms with Crippen LogP contribution in [-0.4, -0.2) is 54.1 Å². The van der Waals surface area contributed by atoms with Crippen molar-refractivity contribution in [3.05, 3.63) is 11.6 Å². The number of aliphatic imine (C=N–C) groups is 1. The summed E-state index contributed by atoms with van der Waals surface area (Å²) in [7, 11) is 1.81. The first kappa shape index (κ1) is 16.2. The zero-order valence-electron chi connectivity index (χ0n) is 14.1. The van der Waals surface area contributed by atoms with Gasteiger partial charge in [0.15, 0.2) is 5.96 Å². The van der Waals surface area contributed by atoms with Gasteiger partial charge >= 0.3 is 0 Å². The highest BCUT2D eigenvalue weighted by atomic mass is 16.5. The Hall–Kier alpha value is -1.63. The number of nitrogens with one attached hydrogen (secondary N) is 2. The third-order valence-electron chi connectivity index (χ3n) is 4.63. The van der Waals surface area contributed by atoms with Crippen molar-refractivity contribution in [3.63, 3.8) is 0 Å². The van der Waals surface area contributed by atoms with Crippen molar-refractivity contribution >= 4 is 5.96 Å². The summed E-state index contributed by atoms with van der Waals surface area (Å²) < 4.78 is 7.70. The third-order valence-corrected chi connectivity index (χ3v) is 4.63. The first-order valence-corrected chi connectivity index (χ1v) is 8.80. The van der Waals surface area contributed by atoms with Crippen molar-refractivity contribution in [3.8, 4) is 0 Å². The van der Waals surface area contributed by atoms with E-state index in [4.69, 9.17) is 4.74 Å². The van der Waals surface area contributed by atoms with Crippen LogP contribution in [0.1, 0.15) is 37.3 Å². The first-order valence-electron chi connectivity index (χ1n) is 8.80. The Morgan fingerprint density at radius 1 is 1.30 bits per heavy atom. The number of hydrogen-bond donors (Lipinski definition) is 2. The maximum Gasteiger partial charge on any atom is 0.191 e. The zero-order chi connectivity index (χ0) is 15.9. The molecular formula is C16H28N6O. The van der Waals surface area contributed by atoms with Gasteiger partial charge in [0, 0.05) is 52.0 Å². The van der Waals surface area contributed by atoms with Crippen LogP contribution in [0.4, 0.5) is 0 Å². The van der Waals surface area contributed by atoms with Crippen molar-refractivity contribution in [2.45, 2.75) is 45.1 Å². The molecule has 1 aromatic rings. The molecule has 2 N–H and O–H groups in total. The second-order valence-electron chi connectivity index (χ2n) is 6.35. The molecule has 2 aliphatic rings. The topological polar surface area (TPSA) is 76.4 Å². The lowest BCUT2D eigenvalue weighted by molar-refractivity contribution is 0.186. The van der Waals surface area contributed by atoms with Crippen LogP contribution < -0.4 is 10.6 Å². The van der Waals surface area contributed by atoms with Crippen LogP contribution in [0.5, 0.6) is 0 Å². The van der Waals surface area contributed by atoms with Gasteiger partial charge in [-0.15, -0.1) is 10.2 Å². The number of guanidine groups is 1. The summed E-state index contributed by atoms with van der Waals surface area (Å²) in [6.07, 6.45) is 6.84. The monoisotopic (exact) mass is 320 g/mol. The highest BCUT2D eigenvalue weighted by Crippen LogP contribution is 2.14. The largest absolute Gasteiger partial charge is 0.381 e. The van der Waals surface area contributed by atoms with Gasteiger partial charge in [-0.3, -0.25) is 4.99 Å². The van der Waals surface area contributed by atoms with Crippen LogP contribution >= 0.6 is 0 Å². The molecule has 2 aliphatic heterocycles. The van der Waals surface area contributed by atoms with E-state index in [1.54, 1.807) is 0 Å². The van der Waals surface area contributed by atoms with E-state index in [2.05, 4.69) is 30.4 Å². The number of rotatable bonds is 5. The lowest BCUT2D eigenvalue weighted by Gasteiger charge is -2.14. The van der Waals surface area contributed by atoms with Gasteiger partial charge in [0.05, 0.1) is 6.61 Å². The molecular weight excluding hydrogens is 292 g/mol. The van der Waals surface area contributed by atoms with Crippen molar-refractivity contribution in [2.24, 2.45) is 10.9 Å². The van der Waals surface area contributed by atoms with E-state index >= 15 is 0 Å². The van der Waals surface area contributed by atoms with Gasteiger partial charge < -0.3 is 19.9 Å². The number of aryl methyl sites for hydroxylation is 1. The second kappa shape index (κ2) is 8.29. The van der Waals surface area contributed by atoms with Gasteiger partial charge in [-0.1, -0.05) is 6.42 Å². The van der Waals surface area contributed by atoms with E-state index in [-0.39, 0.29) is 0 Å². The minimum atomic E-state index is 0.598. The molecule has 0 aliphatic carbocycles. The minimum Gasteiger partial charge on any atom is -0.381 e. The van der Waals surface area contributed by atoms with Gasteiger partial charge in [0.2, 0.25) is 0 Å². The summed E-state index contributed by atoms with van der Waals surface area (Å²) >= 11 is 0. The summed E-state index contributed by atoms with van der Waals surface area (Å²) in [5, 5.41) is 15.5. The average molecular weight is 320 g/mol. The van der Waals surface area contributed by atoms with Crippen LogP contribution in [0.15, 0.2) is 4.99 Å². The summed E-state index contributed by atoms with van der Waals surface area (Å²) in [5.41, 5.74) is 0. The second-order valence-corrected chi connectivity index (χ2v) is 6.35. The number of hydrogen-bond acceptors (Lipinski definition) is 4. The fraction of sp³-hybridized carbons (Fsp3) is 0.812. The highest BCUT2D eigenvalue weighted by molar-refractivity contribution is 5.79.